The molecule has 0 fully saturated rings. The minimum Gasteiger partial charge on any atom is -0.309 e. The Hall–Kier alpha value is -7.47. The molecule has 58 heavy (non-hydrogen) atoms. The second-order valence-corrected chi connectivity index (χ2v) is 16.2. The maximum absolute atomic E-state index is 5.15. The zero-order valence-electron chi connectivity index (χ0n) is 31.0. The van der Waals surface area contributed by atoms with Gasteiger partial charge in [-0.05, 0) is 63.2 Å². The Morgan fingerprint density at radius 3 is 1.78 bits per heavy atom. The molecule has 12 aromatic rings. The molecule has 13 rings (SSSR count). The number of aromatic nitrogens is 4. The van der Waals surface area contributed by atoms with E-state index in [2.05, 4.69) is 150 Å². The van der Waals surface area contributed by atoms with Crippen molar-refractivity contribution >= 4 is 74.9 Å². The Kier molecular flexibility index (Phi) is 6.57. The van der Waals surface area contributed by atoms with E-state index in [0.29, 0.717) is 17.5 Å². The van der Waals surface area contributed by atoms with Crippen LogP contribution in [-0.2, 0) is 0 Å². The quantitative estimate of drug-likeness (QED) is 0.180. The van der Waals surface area contributed by atoms with E-state index in [0.717, 1.165) is 33.2 Å². The number of hydrogen-bond acceptors (Lipinski definition) is 4. The largest absolute Gasteiger partial charge is 0.309 e. The fourth-order valence-corrected chi connectivity index (χ4v) is 10.7. The van der Waals surface area contributed by atoms with Gasteiger partial charge < -0.3 is 4.57 Å². The van der Waals surface area contributed by atoms with E-state index in [4.69, 9.17) is 15.0 Å². The molecule has 0 radical (unpaired) electrons. The van der Waals surface area contributed by atoms with Gasteiger partial charge in [0.25, 0.3) is 0 Å². The Bertz CT molecular complexity index is 3620. The van der Waals surface area contributed by atoms with Crippen molar-refractivity contribution in [2.24, 2.45) is 0 Å². The number of nitrogens with zero attached hydrogens (tertiary/aromatic N) is 4. The molecule has 0 unspecified atom stereocenters. The average Bonchev–Trinajstić information content (AvgIpc) is 3.79. The molecule has 9 aromatic carbocycles. The summed E-state index contributed by atoms with van der Waals surface area (Å²) in [6.45, 7) is 0. The lowest BCUT2D eigenvalue weighted by Crippen LogP contribution is -2.02. The van der Waals surface area contributed by atoms with E-state index in [1.807, 2.05) is 47.7 Å². The third kappa shape index (κ3) is 4.42. The molecular weight excluding hydrogens is 725 g/mol. The maximum Gasteiger partial charge on any atom is 0.164 e. The predicted octanol–water partition coefficient (Wildman–Crippen LogP) is 14.3. The summed E-state index contributed by atoms with van der Waals surface area (Å²) < 4.78 is 5.11. The highest BCUT2D eigenvalue weighted by molar-refractivity contribution is 7.26. The SMILES string of the molecule is c1ccc(-c2nc(-c3ccccc3)nc(-c3ccc(-n4c5cc6sc7ccccc7c6c6c5c5c7c(cccc7ccc54)-c4ccccc4-6)c4ccccc34)n2)cc1. The summed E-state index contributed by atoms with van der Waals surface area (Å²) in [6, 6.07) is 65.4. The summed E-state index contributed by atoms with van der Waals surface area (Å²) in [4.78, 5) is 15.3. The fourth-order valence-electron chi connectivity index (χ4n) is 9.53. The maximum atomic E-state index is 5.15. The van der Waals surface area contributed by atoms with Gasteiger partial charge in [0.05, 0.1) is 16.7 Å². The molecule has 0 saturated carbocycles. The van der Waals surface area contributed by atoms with Crippen molar-refractivity contribution in [2.45, 2.75) is 0 Å². The molecule has 0 spiro atoms. The molecule has 0 aliphatic heterocycles. The Morgan fingerprint density at radius 2 is 1.00 bits per heavy atom. The van der Waals surface area contributed by atoms with Crippen molar-refractivity contribution in [3.05, 3.63) is 182 Å². The monoisotopic (exact) mass is 754 g/mol. The number of fused-ring (bicyclic) bond motifs is 8. The highest BCUT2D eigenvalue weighted by Crippen LogP contribution is 2.54. The Labute approximate surface area is 337 Å². The molecule has 268 valence electrons. The number of rotatable bonds is 4. The van der Waals surface area contributed by atoms with Crippen molar-refractivity contribution in [1.82, 2.24) is 19.5 Å². The summed E-state index contributed by atoms with van der Waals surface area (Å²) in [5, 5.41) is 10.0. The van der Waals surface area contributed by atoms with Gasteiger partial charge in [-0.2, -0.15) is 0 Å². The molecule has 1 aliphatic rings. The number of thiophene rings is 1. The molecule has 3 aromatic heterocycles. The van der Waals surface area contributed by atoms with Gasteiger partial charge in [-0.1, -0.05) is 152 Å². The smallest absolute Gasteiger partial charge is 0.164 e. The van der Waals surface area contributed by atoms with Gasteiger partial charge in [0.15, 0.2) is 17.5 Å². The average molecular weight is 755 g/mol. The normalized spacial score (nSPS) is 12.1. The van der Waals surface area contributed by atoms with Gasteiger partial charge in [-0.15, -0.1) is 11.3 Å². The van der Waals surface area contributed by atoms with Gasteiger partial charge in [-0.3, -0.25) is 0 Å². The lowest BCUT2D eigenvalue weighted by Gasteiger charge is -2.17. The first kappa shape index (κ1) is 31.7. The fraction of sp³-hybridized carbons (Fsp3) is 0. The molecule has 0 N–H and O–H groups in total. The van der Waals surface area contributed by atoms with Crippen molar-refractivity contribution in [3.8, 4) is 62.1 Å². The molecule has 0 atom stereocenters. The predicted molar refractivity (Wildman–Crippen MR) is 243 cm³/mol. The lowest BCUT2D eigenvalue weighted by atomic mass is 9.91. The van der Waals surface area contributed by atoms with Gasteiger partial charge in [0, 0.05) is 58.6 Å². The number of benzene rings is 9. The van der Waals surface area contributed by atoms with Crippen LogP contribution in [0.25, 0.3) is 126 Å². The minimum absolute atomic E-state index is 0.647. The van der Waals surface area contributed by atoms with Crippen LogP contribution in [0.4, 0.5) is 0 Å². The lowest BCUT2D eigenvalue weighted by molar-refractivity contribution is 1.08. The van der Waals surface area contributed by atoms with E-state index in [1.165, 1.54) is 75.0 Å². The standard InChI is InChI=1S/C53H30N4S/c1-3-14-32(15-4-1)51-54-52(33-16-5-2-6-17-33)56-53(55-51)39-27-29-41(36-21-9-7-19-34(36)39)57-42-28-26-31-18-13-24-37-35-20-8-10-22-38(35)48-47-40-23-11-12-25-44(40)58-45(47)30-43(57)50(48)49(42)46(31)37/h1-30H. The summed E-state index contributed by atoms with van der Waals surface area (Å²) in [5.74, 6) is 1.95. The zero-order valence-corrected chi connectivity index (χ0v) is 31.8. The topological polar surface area (TPSA) is 43.6 Å². The molecule has 3 heterocycles. The van der Waals surface area contributed by atoms with Crippen LogP contribution in [0.5, 0.6) is 0 Å². The third-order valence-electron chi connectivity index (χ3n) is 12.0. The van der Waals surface area contributed by atoms with Gasteiger partial charge in [-0.25, -0.2) is 15.0 Å². The first-order valence-electron chi connectivity index (χ1n) is 19.6. The highest BCUT2D eigenvalue weighted by Gasteiger charge is 2.28. The van der Waals surface area contributed by atoms with Crippen LogP contribution in [0.1, 0.15) is 0 Å². The Balaban J connectivity index is 1.15. The van der Waals surface area contributed by atoms with Crippen LogP contribution in [-0.4, -0.2) is 19.5 Å². The summed E-state index contributed by atoms with van der Waals surface area (Å²) in [6.07, 6.45) is 0. The number of hydrogen-bond donors (Lipinski definition) is 0. The second-order valence-electron chi connectivity index (χ2n) is 15.1. The first-order valence-corrected chi connectivity index (χ1v) is 20.4. The van der Waals surface area contributed by atoms with Crippen LogP contribution < -0.4 is 0 Å². The van der Waals surface area contributed by atoms with Crippen LogP contribution in [0.15, 0.2) is 182 Å². The molecule has 1 aliphatic carbocycles. The second kappa shape index (κ2) is 12.0. The molecule has 4 nitrogen and oxygen atoms in total. The zero-order chi connectivity index (χ0) is 37.9. The molecule has 0 saturated heterocycles. The van der Waals surface area contributed by atoms with E-state index >= 15 is 0 Å². The molecular formula is C53H30N4S. The van der Waals surface area contributed by atoms with Gasteiger partial charge >= 0.3 is 0 Å². The molecule has 0 bridgehead atoms. The van der Waals surface area contributed by atoms with E-state index < -0.39 is 0 Å². The van der Waals surface area contributed by atoms with Crippen LogP contribution >= 0.6 is 11.3 Å². The van der Waals surface area contributed by atoms with E-state index in [1.54, 1.807) is 0 Å². The van der Waals surface area contributed by atoms with Crippen molar-refractivity contribution in [1.29, 1.82) is 0 Å². The van der Waals surface area contributed by atoms with Crippen molar-refractivity contribution in [3.63, 3.8) is 0 Å². The van der Waals surface area contributed by atoms with Gasteiger partial charge in [0.1, 0.15) is 0 Å². The Morgan fingerprint density at radius 1 is 0.362 bits per heavy atom. The van der Waals surface area contributed by atoms with E-state index in [-0.39, 0.29) is 0 Å². The summed E-state index contributed by atoms with van der Waals surface area (Å²) >= 11 is 1.88. The van der Waals surface area contributed by atoms with Crippen LogP contribution in [0, 0.1) is 0 Å². The van der Waals surface area contributed by atoms with Crippen molar-refractivity contribution in [2.75, 3.05) is 0 Å². The van der Waals surface area contributed by atoms with Crippen molar-refractivity contribution < 1.29 is 0 Å². The van der Waals surface area contributed by atoms with Gasteiger partial charge in [0.2, 0.25) is 0 Å². The molecule has 0 amide bonds. The first-order chi connectivity index (χ1) is 28.8. The van der Waals surface area contributed by atoms with E-state index in [9.17, 15) is 0 Å². The minimum atomic E-state index is 0.647. The molecule has 5 heteroatoms. The summed E-state index contributed by atoms with van der Waals surface area (Å²) in [7, 11) is 0. The van der Waals surface area contributed by atoms with Crippen LogP contribution in [0.3, 0.4) is 0 Å². The van der Waals surface area contributed by atoms with Crippen LogP contribution in [0.2, 0.25) is 0 Å². The highest BCUT2D eigenvalue weighted by atomic mass is 32.1. The third-order valence-corrected chi connectivity index (χ3v) is 13.1. The summed E-state index contributed by atoms with van der Waals surface area (Å²) in [5.41, 5.74) is 11.6.